The van der Waals surface area contributed by atoms with Crippen molar-refractivity contribution >= 4 is 25.7 Å². The molecule has 0 aliphatic rings. The van der Waals surface area contributed by atoms with Gasteiger partial charge in [-0.15, -0.1) is 0 Å². The molecule has 0 aliphatic carbocycles. The average Bonchev–Trinajstić information content (AvgIpc) is 3.12. The van der Waals surface area contributed by atoms with Crippen LogP contribution >= 0.6 is 0 Å². The van der Waals surface area contributed by atoms with Crippen molar-refractivity contribution in [3.63, 3.8) is 0 Å². The predicted molar refractivity (Wildman–Crippen MR) is 116 cm³/mol. The topological polar surface area (TPSA) is 34.4 Å². The summed E-state index contributed by atoms with van der Waals surface area (Å²) in [4.78, 5) is 0. The second kappa shape index (κ2) is 7.89. The molecule has 1 N–H and O–H groups in total. The van der Waals surface area contributed by atoms with Crippen LogP contribution in [0.3, 0.4) is 0 Å². The first-order valence-corrected chi connectivity index (χ1v) is 11.3. The Labute approximate surface area is 163 Å². The minimum atomic E-state index is -2.52. The lowest BCUT2D eigenvalue weighted by molar-refractivity contribution is 0.286. The number of aromatic nitrogens is 1. The molecule has 0 saturated heterocycles. The lowest BCUT2D eigenvalue weighted by Gasteiger charge is -2.43. The van der Waals surface area contributed by atoms with E-state index in [4.69, 9.17) is 4.43 Å². The van der Waals surface area contributed by atoms with Gasteiger partial charge in [-0.25, -0.2) is 0 Å². The zero-order valence-corrected chi connectivity index (χ0v) is 17.6. The first-order valence-electron chi connectivity index (χ1n) is 9.44. The molecule has 0 amide bonds. The molecule has 3 aromatic rings. The van der Waals surface area contributed by atoms with Gasteiger partial charge >= 0.3 is 7.05 Å². The van der Waals surface area contributed by atoms with Crippen molar-refractivity contribution in [1.29, 1.82) is 0 Å². The molecule has 27 heavy (non-hydrogen) atoms. The molecule has 0 spiro atoms. The first-order chi connectivity index (χ1) is 12.8. The third-order valence-electron chi connectivity index (χ3n) is 5.08. The van der Waals surface area contributed by atoms with E-state index < -0.39 is 15.4 Å². The molecule has 0 unspecified atom stereocenters. The normalized spacial score (nSPS) is 12.2. The summed E-state index contributed by atoms with van der Waals surface area (Å²) in [5.41, 5.74) is 1.07. The van der Waals surface area contributed by atoms with E-state index in [0.29, 0.717) is 6.61 Å². The summed E-state index contributed by atoms with van der Waals surface area (Å²) in [5, 5.41) is 12.3. The Morgan fingerprint density at radius 3 is 1.85 bits per heavy atom. The maximum absolute atomic E-state index is 9.78. The Hall–Kier alpha value is -2.08. The van der Waals surface area contributed by atoms with Crippen LogP contribution in [0.4, 0.5) is 0 Å². The Morgan fingerprint density at radius 2 is 1.44 bits per heavy atom. The number of hydrogen-bond acceptors (Lipinski definition) is 2. The van der Waals surface area contributed by atoms with E-state index >= 15 is 0 Å². The van der Waals surface area contributed by atoms with Crippen molar-refractivity contribution in [3.8, 4) is 0 Å². The summed E-state index contributed by atoms with van der Waals surface area (Å²) < 4.78 is 8.69. The Bertz CT molecular complexity index is 817. The molecule has 1 aromatic heterocycles. The minimum absolute atomic E-state index is 0.0391. The average molecular weight is 377 g/mol. The van der Waals surface area contributed by atoms with E-state index in [-0.39, 0.29) is 5.04 Å². The number of rotatable bonds is 6. The second-order valence-electron chi connectivity index (χ2n) is 8.05. The van der Waals surface area contributed by atoms with Crippen LogP contribution in [0.5, 0.6) is 0 Å². The SMILES string of the molecule is CB(O)n1ccc(CO[Si](c2ccccc2)(c2ccccc2)C(C)(C)C)c1. The summed E-state index contributed by atoms with van der Waals surface area (Å²) in [6.45, 7) is 9.11. The van der Waals surface area contributed by atoms with Gasteiger partial charge in [0.2, 0.25) is 0 Å². The highest BCUT2D eigenvalue weighted by Gasteiger charge is 2.50. The zero-order valence-electron chi connectivity index (χ0n) is 16.6. The van der Waals surface area contributed by atoms with E-state index in [1.807, 2.05) is 18.5 Å². The molecule has 5 heteroatoms. The zero-order chi connectivity index (χ0) is 19.5. The van der Waals surface area contributed by atoms with Crippen molar-refractivity contribution in [2.45, 2.75) is 39.2 Å². The first kappa shape index (κ1) is 19.7. The van der Waals surface area contributed by atoms with Crippen LogP contribution in [0.1, 0.15) is 26.3 Å². The third kappa shape index (κ3) is 3.95. The maximum Gasteiger partial charge on any atom is 0.413 e. The third-order valence-corrected chi connectivity index (χ3v) is 10.1. The van der Waals surface area contributed by atoms with Crippen LogP contribution in [0.2, 0.25) is 11.9 Å². The van der Waals surface area contributed by atoms with Crippen LogP contribution < -0.4 is 10.4 Å². The highest BCUT2D eigenvalue weighted by atomic mass is 28.4. The molecule has 0 fully saturated rings. The highest BCUT2D eigenvalue weighted by Crippen LogP contribution is 2.37. The van der Waals surface area contributed by atoms with Crippen molar-refractivity contribution < 1.29 is 9.45 Å². The second-order valence-corrected chi connectivity index (χ2v) is 12.4. The summed E-state index contributed by atoms with van der Waals surface area (Å²) >= 11 is 0. The molecular formula is C22H28BNO2Si. The molecule has 3 nitrogen and oxygen atoms in total. The molecule has 0 saturated carbocycles. The predicted octanol–water partition coefficient (Wildman–Crippen LogP) is 3.52. The van der Waals surface area contributed by atoms with Crippen LogP contribution in [-0.2, 0) is 11.0 Å². The lowest BCUT2D eigenvalue weighted by atomic mass is 9.89. The molecule has 0 aliphatic heterocycles. The van der Waals surface area contributed by atoms with E-state index in [9.17, 15) is 5.02 Å². The van der Waals surface area contributed by atoms with Gasteiger partial charge in [0.15, 0.2) is 0 Å². The Balaban J connectivity index is 2.06. The van der Waals surface area contributed by atoms with E-state index in [1.54, 1.807) is 11.3 Å². The van der Waals surface area contributed by atoms with Crippen molar-refractivity contribution in [2.75, 3.05) is 0 Å². The summed E-state index contributed by atoms with van der Waals surface area (Å²) in [6.07, 6.45) is 3.86. The smallest absolute Gasteiger partial charge is 0.413 e. The summed E-state index contributed by atoms with van der Waals surface area (Å²) in [7, 11) is -3.06. The van der Waals surface area contributed by atoms with Gasteiger partial charge in [0, 0.05) is 0 Å². The van der Waals surface area contributed by atoms with Gasteiger partial charge in [0.25, 0.3) is 8.32 Å². The van der Waals surface area contributed by atoms with Gasteiger partial charge in [-0.2, -0.15) is 0 Å². The molecule has 0 atom stereocenters. The van der Waals surface area contributed by atoms with E-state index in [1.165, 1.54) is 10.4 Å². The Morgan fingerprint density at radius 1 is 0.926 bits per heavy atom. The minimum Gasteiger partial charge on any atom is -0.432 e. The molecule has 2 aromatic carbocycles. The summed E-state index contributed by atoms with van der Waals surface area (Å²) in [6, 6.07) is 23.3. The van der Waals surface area contributed by atoms with Crippen molar-refractivity contribution in [2.24, 2.45) is 0 Å². The van der Waals surface area contributed by atoms with Gasteiger partial charge in [-0.05, 0) is 46.3 Å². The van der Waals surface area contributed by atoms with Crippen molar-refractivity contribution in [3.05, 3.63) is 84.7 Å². The lowest BCUT2D eigenvalue weighted by Crippen LogP contribution is -2.66. The molecule has 3 rings (SSSR count). The number of hydrogen-bond donors (Lipinski definition) is 1. The van der Waals surface area contributed by atoms with Crippen LogP contribution in [0.15, 0.2) is 79.1 Å². The van der Waals surface area contributed by atoms with Crippen LogP contribution in [-0.4, -0.2) is 24.9 Å². The van der Waals surface area contributed by atoms with Crippen LogP contribution in [0.25, 0.3) is 0 Å². The summed E-state index contributed by atoms with van der Waals surface area (Å²) in [5.74, 6) is 0. The van der Waals surface area contributed by atoms with Gasteiger partial charge in [0.1, 0.15) is 0 Å². The molecule has 1 heterocycles. The molecule has 140 valence electrons. The number of nitrogens with zero attached hydrogens (tertiary/aromatic N) is 1. The molecule has 0 radical (unpaired) electrons. The fourth-order valence-corrected chi connectivity index (χ4v) is 8.27. The van der Waals surface area contributed by atoms with Gasteiger partial charge in [0.05, 0.1) is 6.61 Å². The van der Waals surface area contributed by atoms with Gasteiger partial charge < -0.3 is 13.9 Å². The standard InChI is InChI=1S/C22H28BNO2Si/c1-22(2,3)27(20-11-7-5-8-12-20,21-13-9-6-10-14-21)26-18-19-15-16-24(17-19)23(4)25/h5-17,25H,18H2,1-4H3. The highest BCUT2D eigenvalue weighted by molar-refractivity contribution is 6.99. The van der Waals surface area contributed by atoms with Gasteiger partial charge in [-0.3, -0.25) is 0 Å². The fourth-order valence-electron chi connectivity index (χ4n) is 3.73. The quantitative estimate of drug-likeness (QED) is 0.667. The molecule has 0 bridgehead atoms. The van der Waals surface area contributed by atoms with Crippen LogP contribution in [0, 0.1) is 0 Å². The van der Waals surface area contributed by atoms with Crippen molar-refractivity contribution in [1.82, 2.24) is 4.48 Å². The maximum atomic E-state index is 9.78. The largest absolute Gasteiger partial charge is 0.432 e. The van der Waals surface area contributed by atoms with E-state index in [2.05, 4.69) is 81.4 Å². The van der Waals surface area contributed by atoms with E-state index in [0.717, 1.165) is 5.56 Å². The molecular weight excluding hydrogens is 349 g/mol. The Kier molecular flexibility index (Phi) is 5.75. The van der Waals surface area contributed by atoms with Gasteiger partial charge in [-0.1, -0.05) is 81.4 Å². The number of benzene rings is 2. The fraction of sp³-hybridized carbons (Fsp3) is 0.273. The monoisotopic (exact) mass is 377 g/mol.